The number of hydrogen-bond donors (Lipinski definition) is 1. The fraction of sp³-hybridized carbons (Fsp3) is 0.632. The van der Waals surface area contributed by atoms with E-state index in [1.54, 1.807) is 12.1 Å². The summed E-state index contributed by atoms with van der Waals surface area (Å²) >= 11 is 0. The summed E-state index contributed by atoms with van der Waals surface area (Å²) in [4.78, 5) is 12.8. The van der Waals surface area contributed by atoms with Crippen molar-refractivity contribution in [2.24, 2.45) is 11.8 Å². The van der Waals surface area contributed by atoms with Crippen molar-refractivity contribution in [3.63, 3.8) is 0 Å². The summed E-state index contributed by atoms with van der Waals surface area (Å²) in [6, 6.07) is 5.06. The van der Waals surface area contributed by atoms with Gasteiger partial charge >= 0.3 is 0 Å². The maximum Gasteiger partial charge on any atom is 0.245 e. The Morgan fingerprint density at radius 1 is 1.14 bits per heavy atom. The monoisotopic (exact) mass is 406 g/mol. The van der Waals surface area contributed by atoms with E-state index in [2.05, 4.69) is 27.2 Å². The molecule has 2 atom stereocenters. The minimum atomic E-state index is -3.70. The van der Waals surface area contributed by atoms with Gasteiger partial charge in [0.2, 0.25) is 15.9 Å². The molecule has 1 N–H and O–H groups in total. The summed E-state index contributed by atoms with van der Waals surface area (Å²) in [6.45, 7) is 2.84. The van der Waals surface area contributed by atoms with Gasteiger partial charge in [0.05, 0.1) is 0 Å². The largest absolute Gasteiger partial charge is 0.353 e. The molecule has 1 amide bonds. The number of nitrogens with one attached hydrogen (secondary N) is 1. The summed E-state index contributed by atoms with van der Waals surface area (Å²) in [6.07, 6.45) is 5.64. The van der Waals surface area contributed by atoms with Gasteiger partial charge in [-0.15, -0.1) is 0 Å². The molecule has 1 aromatic heterocycles. The van der Waals surface area contributed by atoms with E-state index in [0.29, 0.717) is 37.4 Å². The molecule has 1 aliphatic heterocycles. The van der Waals surface area contributed by atoms with E-state index in [1.807, 2.05) is 0 Å². The van der Waals surface area contributed by atoms with Crippen LogP contribution in [0.15, 0.2) is 27.7 Å². The number of carbonyl (C=O) groups is 1. The smallest absolute Gasteiger partial charge is 0.245 e. The first kappa shape index (κ1) is 19.3. The van der Waals surface area contributed by atoms with Crippen LogP contribution in [0.3, 0.4) is 0 Å². The van der Waals surface area contributed by atoms with Crippen LogP contribution in [0.25, 0.3) is 11.0 Å². The third-order valence-electron chi connectivity index (χ3n) is 6.13. The van der Waals surface area contributed by atoms with E-state index in [0.717, 1.165) is 19.3 Å². The normalized spacial score (nSPS) is 25.0. The average Bonchev–Trinajstić information content (AvgIpc) is 3.18. The standard InChI is InChI=1S/C19H26N4O4S/c1-13-5-2-3-6-15(13)20-19(24)14-9-11-23(12-10-14)28(25,26)17-8-4-7-16-18(17)22-27-21-16/h4,7-8,13-15H,2-3,5-6,9-12H2,1H3,(H,20,24)/t13-,15-/m0/s1. The van der Waals surface area contributed by atoms with Crippen molar-refractivity contribution in [3.8, 4) is 0 Å². The fourth-order valence-electron chi connectivity index (χ4n) is 4.32. The molecule has 2 aliphatic rings. The molecule has 2 fully saturated rings. The molecule has 1 saturated carbocycles. The molecule has 1 aromatic carbocycles. The Morgan fingerprint density at radius 3 is 2.64 bits per heavy atom. The highest BCUT2D eigenvalue weighted by Crippen LogP contribution is 2.29. The molecule has 4 rings (SSSR count). The Hall–Kier alpha value is -2.00. The van der Waals surface area contributed by atoms with Crippen LogP contribution in [0.1, 0.15) is 45.4 Å². The molecule has 0 radical (unpaired) electrons. The van der Waals surface area contributed by atoms with E-state index in [9.17, 15) is 13.2 Å². The highest BCUT2D eigenvalue weighted by atomic mass is 32.2. The lowest BCUT2D eigenvalue weighted by Crippen LogP contribution is -2.47. The van der Waals surface area contributed by atoms with Gasteiger partial charge in [-0.05, 0) is 54.0 Å². The Labute approximate surface area is 164 Å². The molecule has 0 bridgehead atoms. The van der Waals surface area contributed by atoms with Crippen LogP contribution in [-0.4, -0.2) is 48.1 Å². The Kier molecular flexibility index (Phi) is 5.37. The first-order valence-electron chi connectivity index (χ1n) is 9.98. The highest BCUT2D eigenvalue weighted by Gasteiger charge is 2.34. The summed E-state index contributed by atoms with van der Waals surface area (Å²) in [5.41, 5.74) is 0.658. The number of sulfonamides is 1. The zero-order valence-corrected chi connectivity index (χ0v) is 16.8. The molecule has 152 valence electrons. The first-order chi connectivity index (χ1) is 13.5. The quantitative estimate of drug-likeness (QED) is 0.835. The predicted octanol–water partition coefficient (Wildman–Crippen LogP) is 2.32. The summed E-state index contributed by atoms with van der Waals surface area (Å²) in [5.74, 6) is 0.443. The Morgan fingerprint density at radius 2 is 1.89 bits per heavy atom. The van der Waals surface area contributed by atoms with Crippen molar-refractivity contribution in [1.82, 2.24) is 19.9 Å². The lowest BCUT2D eigenvalue weighted by molar-refractivity contribution is -0.127. The minimum Gasteiger partial charge on any atom is -0.353 e. The van der Waals surface area contributed by atoms with Crippen LogP contribution in [0.5, 0.6) is 0 Å². The highest BCUT2D eigenvalue weighted by molar-refractivity contribution is 7.89. The number of aromatic nitrogens is 2. The zero-order valence-electron chi connectivity index (χ0n) is 16.0. The SMILES string of the molecule is C[C@H]1CCCC[C@@H]1NC(=O)C1CCN(S(=O)(=O)c2cccc3nonc23)CC1. The van der Waals surface area contributed by atoms with E-state index in [4.69, 9.17) is 0 Å². The number of fused-ring (bicyclic) bond motifs is 1. The van der Waals surface area contributed by atoms with E-state index in [-0.39, 0.29) is 28.3 Å². The van der Waals surface area contributed by atoms with Crippen molar-refractivity contribution >= 4 is 27.0 Å². The molecular formula is C19H26N4O4S. The number of nitrogens with zero attached hydrogens (tertiary/aromatic N) is 3. The number of carbonyl (C=O) groups excluding carboxylic acids is 1. The molecule has 2 heterocycles. The number of hydrogen-bond acceptors (Lipinski definition) is 6. The molecule has 0 unspecified atom stereocenters. The van der Waals surface area contributed by atoms with Crippen molar-refractivity contribution in [2.75, 3.05) is 13.1 Å². The summed E-state index contributed by atoms with van der Waals surface area (Å²) < 4.78 is 32.2. The van der Waals surface area contributed by atoms with Crippen LogP contribution >= 0.6 is 0 Å². The maximum absolute atomic E-state index is 13.1. The number of rotatable bonds is 4. The van der Waals surface area contributed by atoms with Crippen molar-refractivity contribution in [3.05, 3.63) is 18.2 Å². The molecule has 9 heteroatoms. The van der Waals surface area contributed by atoms with E-state index < -0.39 is 10.0 Å². The number of amides is 1. The molecule has 2 aromatic rings. The maximum atomic E-state index is 13.1. The molecule has 0 spiro atoms. The van der Waals surface area contributed by atoms with Crippen LogP contribution < -0.4 is 5.32 Å². The van der Waals surface area contributed by atoms with Gasteiger partial charge in [-0.1, -0.05) is 25.8 Å². The Bertz CT molecular complexity index is 950. The first-order valence-corrected chi connectivity index (χ1v) is 11.4. The zero-order chi connectivity index (χ0) is 19.7. The van der Waals surface area contributed by atoms with Crippen LogP contribution in [0, 0.1) is 11.8 Å². The van der Waals surface area contributed by atoms with Gasteiger partial charge in [-0.2, -0.15) is 4.31 Å². The van der Waals surface area contributed by atoms with Crippen LogP contribution in [0.4, 0.5) is 0 Å². The summed E-state index contributed by atoms with van der Waals surface area (Å²) in [7, 11) is -3.70. The van der Waals surface area contributed by atoms with Crippen molar-refractivity contribution in [2.45, 2.75) is 56.4 Å². The topological polar surface area (TPSA) is 105 Å². The van der Waals surface area contributed by atoms with E-state index in [1.165, 1.54) is 16.8 Å². The molecular weight excluding hydrogens is 380 g/mol. The number of benzene rings is 1. The lowest BCUT2D eigenvalue weighted by atomic mass is 9.85. The average molecular weight is 407 g/mol. The molecule has 1 saturated heterocycles. The van der Waals surface area contributed by atoms with Gasteiger partial charge in [0.15, 0.2) is 5.52 Å². The minimum absolute atomic E-state index is 0.0681. The lowest BCUT2D eigenvalue weighted by Gasteiger charge is -2.34. The van der Waals surface area contributed by atoms with Gasteiger partial charge < -0.3 is 5.32 Å². The van der Waals surface area contributed by atoms with Crippen LogP contribution in [0.2, 0.25) is 0 Å². The Balaban J connectivity index is 1.41. The number of piperidine rings is 1. The molecule has 8 nitrogen and oxygen atoms in total. The van der Waals surface area contributed by atoms with Crippen molar-refractivity contribution < 1.29 is 17.8 Å². The van der Waals surface area contributed by atoms with Crippen molar-refractivity contribution in [1.29, 1.82) is 0 Å². The second-order valence-electron chi connectivity index (χ2n) is 7.94. The molecule has 1 aliphatic carbocycles. The second-order valence-corrected chi connectivity index (χ2v) is 9.85. The van der Waals surface area contributed by atoms with Gasteiger partial charge in [0.25, 0.3) is 0 Å². The van der Waals surface area contributed by atoms with E-state index >= 15 is 0 Å². The second kappa shape index (κ2) is 7.79. The van der Waals surface area contributed by atoms with Gasteiger partial charge in [-0.3, -0.25) is 4.79 Å². The van der Waals surface area contributed by atoms with Gasteiger partial charge in [0.1, 0.15) is 10.4 Å². The third kappa shape index (κ3) is 3.65. The fourth-order valence-corrected chi connectivity index (χ4v) is 5.92. The third-order valence-corrected chi connectivity index (χ3v) is 8.06. The van der Waals surface area contributed by atoms with Crippen LogP contribution in [-0.2, 0) is 14.8 Å². The predicted molar refractivity (Wildman–Crippen MR) is 103 cm³/mol. The van der Waals surface area contributed by atoms with Gasteiger partial charge in [-0.25, -0.2) is 13.0 Å². The molecule has 28 heavy (non-hydrogen) atoms. The van der Waals surface area contributed by atoms with Gasteiger partial charge in [0, 0.05) is 25.0 Å². The summed E-state index contributed by atoms with van der Waals surface area (Å²) in [5, 5.41) is 10.7.